The first-order chi connectivity index (χ1) is 8.93. The van der Waals surface area contributed by atoms with Crippen LogP contribution in [0.3, 0.4) is 0 Å². The summed E-state index contributed by atoms with van der Waals surface area (Å²) in [5, 5.41) is 11.9. The van der Waals surface area contributed by atoms with E-state index in [9.17, 15) is 4.79 Å². The number of hydrogen-bond donors (Lipinski definition) is 1. The molecule has 0 spiro atoms. The van der Waals surface area contributed by atoms with Crippen molar-refractivity contribution in [2.45, 2.75) is 38.8 Å². The third-order valence-corrected chi connectivity index (χ3v) is 3.36. The van der Waals surface area contributed by atoms with Crippen molar-refractivity contribution in [1.82, 2.24) is 5.32 Å². The number of carbonyl (C=O) groups is 1. The molecule has 1 aromatic carbocycles. The first-order valence-electron chi connectivity index (χ1n) is 6.45. The SMILES string of the molecule is Cc1ccc(N2CC(C)(C)NC(=O)C2CC#N)cc1. The molecule has 1 unspecified atom stereocenters. The number of anilines is 1. The number of nitrogens with one attached hydrogen (secondary N) is 1. The fraction of sp³-hybridized carbons (Fsp3) is 0.467. The second kappa shape index (κ2) is 4.93. The van der Waals surface area contributed by atoms with Crippen LogP contribution in [0.4, 0.5) is 5.69 Å². The van der Waals surface area contributed by atoms with Gasteiger partial charge in [0.2, 0.25) is 5.91 Å². The van der Waals surface area contributed by atoms with E-state index >= 15 is 0 Å². The van der Waals surface area contributed by atoms with Gasteiger partial charge in [-0.15, -0.1) is 0 Å². The van der Waals surface area contributed by atoms with Gasteiger partial charge in [-0.25, -0.2) is 0 Å². The van der Waals surface area contributed by atoms with E-state index in [-0.39, 0.29) is 17.9 Å². The van der Waals surface area contributed by atoms with Gasteiger partial charge in [0.05, 0.1) is 18.0 Å². The van der Waals surface area contributed by atoms with Crippen LogP contribution < -0.4 is 10.2 Å². The van der Waals surface area contributed by atoms with E-state index in [4.69, 9.17) is 5.26 Å². The maximum atomic E-state index is 12.1. The lowest BCUT2D eigenvalue weighted by Crippen LogP contribution is -2.64. The largest absolute Gasteiger partial charge is 0.356 e. The predicted octanol–water partition coefficient (Wildman–Crippen LogP) is 1.99. The summed E-state index contributed by atoms with van der Waals surface area (Å²) in [7, 11) is 0. The molecule has 1 atom stereocenters. The van der Waals surface area contributed by atoms with Gasteiger partial charge in [-0.2, -0.15) is 5.26 Å². The van der Waals surface area contributed by atoms with Gasteiger partial charge in [0.1, 0.15) is 6.04 Å². The Morgan fingerprint density at radius 1 is 1.42 bits per heavy atom. The Labute approximate surface area is 114 Å². The van der Waals surface area contributed by atoms with Crippen molar-refractivity contribution >= 4 is 11.6 Å². The molecule has 1 amide bonds. The van der Waals surface area contributed by atoms with Crippen LogP contribution in [0.15, 0.2) is 24.3 Å². The minimum Gasteiger partial charge on any atom is -0.356 e. The van der Waals surface area contributed by atoms with Gasteiger partial charge in [-0.3, -0.25) is 4.79 Å². The lowest BCUT2D eigenvalue weighted by atomic mass is 9.96. The number of rotatable bonds is 2. The Hall–Kier alpha value is -2.02. The van der Waals surface area contributed by atoms with E-state index in [0.29, 0.717) is 6.54 Å². The summed E-state index contributed by atoms with van der Waals surface area (Å²) in [6.07, 6.45) is 0.204. The Balaban J connectivity index is 2.34. The molecule has 19 heavy (non-hydrogen) atoms. The smallest absolute Gasteiger partial charge is 0.244 e. The van der Waals surface area contributed by atoms with Crippen LogP contribution in [0.25, 0.3) is 0 Å². The number of piperazine rings is 1. The summed E-state index contributed by atoms with van der Waals surface area (Å²) < 4.78 is 0. The zero-order valence-corrected chi connectivity index (χ0v) is 11.6. The number of aryl methyl sites for hydroxylation is 1. The molecule has 0 bridgehead atoms. The molecular weight excluding hydrogens is 238 g/mol. The van der Waals surface area contributed by atoms with Crippen molar-refractivity contribution in [3.63, 3.8) is 0 Å². The van der Waals surface area contributed by atoms with Crippen LogP contribution in [0.5, 0.6) is 0 Å². The van der Waals surface area contributed by atoms with E-state index in [1.807, 2.05) is 49.9 Å². The summed E-state index contributed by atoms with van der Waals surface area (Å²) >= 11 is 0. The summed E-state index contributed by atoms with van der Waals surface area (Å²) in [6.45, 7) is 6.72. The Morgan fingerprint density at radius 2 is 2.05 bits per heavy atom. The molecule has 0 radical (unpaired) electrons. The van der Waals surface area contributed by atoms with Crippen molar-refractivity contribution < 1.29 is 4.79 Å². The van der Waals surface area contributed by atoms with E-state index in [1.54, 1.807) is 0 Å². The molecule has 0 aliphatic carbocycles. The lowest BCUT2D eigenvalue weighted by molar-refractivity contribution is -0.125. The second-order valence-electron chi connectivity index (χ2n) is 5.71. The molecule has 1 aliphatic rings. The Bertz CT molecular complexity index is 513. The van der Waals surface area contributed by atoms with Gasteiger partial charge in [0.25, 0.3) is 0 Å². The molecule has 4 heteroatoms. The predicted molar refractivity (Wildman–Crippen MR) is 74.8 cm³/mol. The highest BCUT2D eigenvalue weighted by Gasteiger charge is 2.38. The molecule has 1 aromatic rings. The van der Waals surface area contributed by atoms with E-state index in [2.05, 4.69) is 11.4 Å². The van der Waals surface area contributed by atoms with Gasteiger partial charge < -0.3 is 10.2 Å². The average molecular weight is 257 g/mol. The van der Waals surface area contributed by atoms with Crippen LogP contribution in [0.1, 0.15) is 25.8 Å². The highest BCUT2D eigenvalue weighted by molar-refractivity contribution is 5.87. The second-order valence-corrected chi connectivity index (χ2v) is 5.71. The van der Waals surface area contributed by atoms with Crippen LogP contribution in [0, 0.1) is 18.3 Å². The summed E-state index contributed by atoms with van der Waals surface area (Å²) in [5.41, 5.74) is 1.89. The molecule has 1 aliphatic heterocycles. The third kappa shape index (κ3) is 2.87. The van der Waals surface area contributed by atoms with Crippen molar-refractivity contribution in [3.05, 3.63) is 29.8 Å². The van der Waals surface area contributed by atoms with E-state index in [0.717, 1.165) is 5.69 Å². The molecule has 1 N–H and O–H groups in total. The molecule has 1 saturated heterocycles. The van der Waals surface area contributed by atoms with Crippen molar-refractivity contribution in [2.75, 3.05) is 11.4 Å². The van der Waals surface area contributed by atoms with Crippen LogP contribution >= 0.6 is 0 Å². The Morgan fingerprint density at radius 3 is 2.63 bits per heavy atom. The Kier molecular flexibility index (Phi) is 3.48. The van der Waals surface area contributed by atoms with E-state index in [1.165, 1.54) is 5.56 Å². The summed E-state index contributed by atoms with van der Waals surface area (Å²) in [6, 6.07) is 9.77. The normalized spacial score (nSPS) is 21.7. The topological polar surface area (TPSA) is 56.1 Å². The third-order valence-electron chi connectivity index (χ3n) is 3.36. The monoisotopic (exact) mass is 257 g/mol. The molecule has 4 nitrogen and oxygen atoms in total. The highest BCUT2D eigenvalue weighted by atomic mass is 16.2. The fourth-order valence-electron chi connectivity index (χ4n) is 2.43. The van der Waals surface area contributed by atoms with Gasteiger partial charge in [0.15, 0.2) is 0 Å². The minimum absolute atomic E-state index is 0.0709. The maximum absolute atomic E-state index is 12.1. The molecular formula is C15H19N3O. The fourth-order valence-corrected chi connectivity index (χ4v) is 2.43. The molecule has 0 saturated carbocycles. The molecule has 1 fully saturated rings. The highest BCUT2D eigenvalue weighted by Crippen LogP contribution is 2.25. The molecule has 100 valence electrons. The van der Waals surface area contributed by atoms with Crippen molar-refractivity contribution in [2.24, 2.45) is 0 Å². The number of nitriles is 1. The quantitative estimate of drug-likeness (QED) is 0.881. The summed E-state index contributed by atoms with van der Waals surface area (Å²) in [5.74, 6) is -0.0709. The van der Waals surface area contributed by atoms with Crippen molar-refractivity contribution in [3.8, 4) is 6.07 Å². The maximum Gasteiger partial charge on any atom is 0.244 e. The van der Waals surface area contributed by atoms with Gasteiger partial charge in [-0.1, -0.05) is 17.7 Å². The zero-order valence-electron chi connectivity index (χ0n) is 11.6. The first-order valence-corrected chi connectivity index (χ1v) is 6.45. The van der Waals surface area contributed by atoms with Crippen LogP contribution in [-0.2, 0) is 4.79 Å². The minimum atomic E-state index is -0.402. The number of nitrogens with zero attached hydrogens (tertiary/aromatic N) is 2. The number of benzene rings is 1. The first kappa shape index (κ1) is 13.4. The summed E-state index contributed by atoms with van der Waals surface area (Å²) in [4.78, 5) is 14.2. The van der Waals surface area contributed by atoms with Crippen LogP contribution in [-0.4, -0.2) is 24.0 Å². The van der Waals surface area contributed by atoms with Crippen LogP contribution in [0.2, 0.25) is 0 Å². The van der Waals surface area contributed by atoms with Gasteiger partial charge >= 0.3 is 0 Å². The standard InChI is InChI=1S/C15H19N3O/c1-11-4-6-12(7-5-11)18-10-15(2,3)17-14(19)13(18)8-9-16/h4-7,13H,8,10H2,1-3H3,(H,17,19). The molecule has 1 heterocycles. The molecule has 0 aromatic heterocycles. The number of carbonyl (C=O) groups excluding carboxylic acids is 1. The van der Waals surface area contributed by atoms with E-state index < -0.39 is 6.04 Å². The van der Waals surface area contributed by atoms with Gasteiger partial charge in [-0.05, 0) is 32.9 Å². The zero-order chi connectivity index (χ0) is 14.0. The molecule has 2 rings (SSSR count). The average Bonchev–Trinajstić information content (AvgIpc) is 2.33. The number of amides is 1. The van der Waals surface area contributed by atoms with Crippen molar-refractivity contribution in [1.29, 1.82) is 5.26 Å². The number of hydrogen-bond acceptors (Lipinski definition) is 3. The van der Waals surface area contributed by atoms with Gasteiger partial charge in [0, 0.05) is 12.2 Å². The lowest BCUT2D eigenvalue weighted by Gasteiger charge is -2.44.